The third-order valence-corrected chi connectivity index (χ3v) is 3.41. The molecule has 1 fully saturated rings. The summed E-state index contributed by atoms with van der Waals surface area (Å²) in [4.78, 5) is 15.4. The second-order valence-corrected chi connectivity index (χ2v) is 4.97. The van der Waals surface area contributed by atoms with Crippen molar-refractivity contribution >= 4 is 27.7 Å². The largest absolute Gasteiger partial charge is 0.369 e. The molecule has 0 radical (unpaired) electrons. The molecule has 1 aliphatic carbocycles. The van der Waals surface area contributed by atoms with E-state index in [9.17, 15) is 4.79 Å². The smallest absolute Gasteiger partial charge is 0.222 e. The molecule has 0 spiro atoms. The summed E-state index contributed by atoms with van der Waals surface area (Å²) in [5.41, 5.74) is 5.36. The summed E-state index contributed by atoms with van der Waals surface area (Å²) in [6.45, 7) is 0. The van der Waals surface area contributed by atoms with E-state index in [1.165, 1.54) is 0 Å². The van der Waals surface area contributed by atoms with Gasteiger partial charge in [-0.15, -0.1) is 0 Å². The van der Waals surface area contributed by atoms with Crippen molar-refractivity contribution in [2.75, 3.05) is 5.32 Å². The summed E-state index contributed by atoms with van der Waals surface area (Å²) >= 11 is 3.33. The molecule has 0 aliphatic heterocycles. The summed E-state index contributed by atoms with van der Waals surface area (Å²) in [6, 6.07) is 3.94. The first kappa shape index (κ1) is 11.4. The van der Waals surface area contributed by atoms with E-state index < -0.39 is 0 Å². The number of nitrogens with two attached hydrogens (primary N) is 1. The lowest BCUT2D eigenvalue weighted by atomic mass is 10.0. The van der Waals surface area contributed by atoms with E-state index in [4.69, 9.17) is 5.73 Å². The SMILES string of the molecule is NC(=O)[C@@H]1CCC[C@H]1Nc1ccc(Br)cn1. The Labute approximate surface area is 103 Å². The van der Waals surface area contributed by atoms with Gasteiger partial charge in [-0.1, -0.05) is 6.42 Å². The van der Waals surface area contributed by atoms with Gasteiger partial charge >= 0.3 is 0 Å². The predicted molar refractivity (Wildman–Crippen MR) is 65.9 cm³/mol. The normalized spacial score (nSPS) is 24.3. The number of nitrogens with zero attached hydrogens (tertiary/aromatic N) is 1. The summed E-state index contributed by atoms with van der Waals surface area (Å²) < 4.78 is 0.941. The van der Waals surface area contributed by atoms with Gasteiger partial charge in [0.1, 0.15) is 5.82 Å². The average Bonchev–Trinajstić information content (AvgIpc) is 2.69. The van der Waals surface area contributed by atoms with Crippen LogP contribution in [0.5, 0.6) is 0 Å². The summed E-state index contributed by atoms with van der Waals surface area (Å²) in [5, 5.41) is 3.27. The molecule has 1 aromatic heterocycles. The number of carbonyl (C=O) groups is 1. The summed E-state index contributed by atoms with van der Waals surface area (Å²) in [5.74, 6) is 0.513. The molecule has 0 unspecified atom stereocenters. The fourth-order valence-corrected chi connectivity index (χ4v) is 2.36. The zero-order valence-electron chi connectivity index (χ0n) is 8.82. The maximum absolute atomic E-state index is 11.2. The van der Waals surface area contributed by atoms with E-state index >= 15 is 0 Å². The molecule has 0 saturated heterocycles. The summed E-state index contributed by atoms with van der Waals surface area (Å²) in [6.07, 6.45) is 4.63. The van der Waals surface area contributed by atoms with Crippen molar-refractivity contribution in [1.82, 2.24) is 4.98 Å². The number of nitrogens with one attached hydrogen (secondary N) is 1. The van der Waals surface area contributed by atoms with E-state index in [0.717, 1.165) is 29.6 Å². The minimum Gasteiger partial charge on any atom is -0.369 e. The molecule has 16 heavy (non-hydrogen) atoms. The molecule has 1 saturated carbocycles. The number of hydrogen-bond acceptors (Lipinski definition) is 3. The fourth-order valence-electron chi connectivity index (χ4n) is 2.12. The van der Waals surface area contributed by atoms with Crippen molar-refractivity contribution in [1.29, 1.82) is 0 Å². The van der Waals surface area contributed by atoms with Gasteiger partial charge < -0.3 is 11.1 Å². The van der Waals surface area contributed by atoms with Gasteiger partial charge in [0.2, 0.25) is 5.91 Å². The zero-order chi connectivity index (χ0) is 11.5. The van der Waals surface area contributed by atoms with Crippen LogP contribution in [0.2, 0.25) is 0 Å². The minimum absolute atomic E-state index is 0.0644. The molecule has 1 aromatic rings. The Balaban J connectivity index is 2.03. The highest BCUT2D eigenvalue weighted by Crippen LogP contribution is 2.27. The number of carbonyl (C=O) groups excluding carboxylic acids is 1. The van der Waals surface area contributed by atoms with Crippen LogP contribution in [0.3, 0.4) is 0 Å². The van der Waals surface area contributed by atoms with Gasteiger partial charge in [-0.2, -0.15) is 0 Å². The van der Waals surface area contributed by atoms with E-state index in [-0.39, 0.29) is 17.9 Å². The number of amides is 1. The number of rotatable bonds is 3. The lowest BCUT2D eigenvalue weighted by Crippen LogP contribution is -2.34. The van der Waals surface area contributed by atoms with E-state index in [0.29, 0.717) is 0 Å². The Hall–Kier alpha value is -1.10. The molecule has 2 rings (SSSR count). The highest BCUT2D eigenvalue weighted by Gasteiger charge is 2.31. The van der Waals surface area contributed by atoms with Crippen LogP contribution in [-0.2, 0) is 4.79 Å². The highest BCUT2D eigenvalue weighted by molar-refractivity contribution is 9.10. The summed E-state index contributed by atoms with van der Waals surface area (Å²) in [7, 11) is 0. The van der Waals surface area contributed by atoms with Crippen LogP contribution in [-0.4, -0.2) is 16.9 Å². The van der Waals surface area contributed by atoms with E-state index in [1.807, 2.05) is 12.1 Å². The Morgan fingerprint density at radius 3 is 2.94 bits per heavy atom. The lowest BCUT2D eigenvalue weighted by molar-refractivity contribution is -0.121. The first-order valence-corrected chi connectivity index (χ1v) is 6.13. The molecule has 4 nitrogen and oxygen atoms in total. The van der Waals surface area contributed by atoms with Gasteiger partial charge in [0, 0.05) is 16.7 Å². The van der Waals surface area contributed by atoms with Gasteiger partial charge in [-0.25, -0.2) is 4.98 Å². The third-order valence-electron chi connectivity index (χ3n) is 2.94. The molecule has 3 N–H and O–H groups in total. The number of anilines is 1. The number of halogens is 1. The molecule has 86 valence electrons. The zero-order valence-corrected chi connectivity index (χ0v) is 10.4. The Morgan fingerprint density at radius 1 is 1.50 bits per heavy atom. The predicted octanol–water partition coefficient (Wildman–Crippen LogP) is 1.91. The van der Waals surface area contributed by atoms with Crippen LogP contribution in [0.25, 0.3) is 0 Å². The van der Waals surface area contributed by atoms with Gasteiger partial charge in [-0.3, -0.25) is 4.79 Å². The van der Waals surface area contributed by atoms with Crippen molar-refractivity contribution in [3.05, 3.63) is 22.8 Å². The number of aromatic nitrogens is 1. The first-order chi connectivity index (χ1) is 7.66. The minimum atomic E-state index is -0.216. The molecular formula is C11H14BrN3O. The maximum atomic E-state index is 11.2. The molecule has 0 aromatic carbocycles. The van der Waals surface area contributed by atoms with Gasteiger partial charge in [-0.05, 0) is 40.9 Å². The van der Waals surface area contributed by atoms with Crippen LogP contribution < -0.4 is 11.1 Å². The van der Waals surface area contributed by atoms with Crippen molar-refractivity contribution in [2.24, 2.45) is 11.7 Å². The van der Waals surface area contributed by atoms with Crippen LogP contribution in [0.15, 0.2) is 22.8 Å². The van der Waals surface area contributed by atoms with E-state index in [2.05, 4.69) is 26.2 Å². The highest BCUT2D eigenvalue weighted by atomic mass is 79.9. The standard InChI is InChI=1S/C11H14BrN3O/c12-7-4-5-10(14-6-7)15-9-3-1-2-8(9)11(13)16/h4-6,8-9H,1-3H2,(H2,13,16)(H,14,15)/t8-,9-/m1/s1. The molecule has 2 atom stereocenters. The molecule has 1 aliphatic rings. The van der Waals surface area contributed by atoms with Crippen LogP contribution in [0, 0.1) is 5.92 Å². The Kier molecular flexibility index (Phi) is 3.43. The molecule has 0 bridgehead atoms. The van der Waals surface area contributed by atoms with Gasteiger partial charge in [0.05, 0.1) is 5.92 Å². The second-order valence-electron chi connectivity index (χ2n) is 4.05. The van der Waals surface area contributed by atoms with Gasteiger partial charge in [0.15, 0.2) is 0 Å². The molecule has 1 amide bonds. The lowest BCUT2D eigenvalue weighted by Gasteiger charge is -2.18. The van der Waals surface area contributed by atoms with Crippen LogP contribution in [0.4, 0.5) is 5.82 Å². The Morgan fingerprint density at radius 2 is 2.31 bits per heavy atom. The third kappa shape index (κ3) is 2.52. The monoisotopic (exact) mass is 283 g/mol. The first-order valence-electron chi connectivity index (χ1n) is 5.34. The van der Waals surface area contributed by atoms with Crippen molar-refractivity contribution in [3.8, 4) is 0 Å². The number of hydrogen-bond donors (Lipinski definition) is 2. The Bertz CT molecular complexity index is 379. The number of pyridine rings is 1. The van der Waals surface area contributed by atoms with Crippen molar-refractivity contribution in [3.63, 3.8) is 0 Å². The average molecular weight is 284 g/mol. The second kappa shape index (κ2) is 4.82. The molecular weight excluding hydrogens is 270 g/mol. The quantitative estimate of drug-likeness (QED) is 0.891. The fraction of sp³-hybridized carbons (Fsp3) is 0.455. The molecule has 5 heteroatoms. The van der Waals surface area contributed by atoms with Crippen molar-refractivity contribution < 1.29 is 4.79 Å². The van der Waals surface area contributed by atoms with E-state index in [1.54, 1.807) is 6.20 Å². The topological polar surface area (TPSA) is 68.0 Å². The van der Waals surface area contributed by atoms with Gasteiger partial charge in [0.25, 0.3) is 0 Å². The maximum Gasteiger partial charge on any atom is 0.222 e. The van der Waals surface area contributed by atoms with Crippen LogP contribution in [0.1, 0.15) is 19.3 Å². The molecule has 1 heterocycles. The number of primary amides is 1. The van der Waals surface area contributed by atoms with Crippen molar-refractivity contribution in [2.45, 2.75) is 25.3 Å². The van der Waals surface area contributed by atoms with Crippen LogP contribution >= 0.6 is 15.9 Å².